The molecule has 7 rings (SSSR count). The van der Waals surface area contributed by atoms with Crippen LogP contribution in [0.25, 0.3) is 0 Å². The predicted octanol–water partition coefficient (Wildman–Crippen LogP) is 5.99. The molecular formula is C37H39NO5Se. The van der Waals surface area contributed by atoms with E-state index in [1.165, 1.54) is 15.6 Å². The minimum atomic E-state index is -0.417. The van der Waals surface area contributed by atoms with Gasteiger partial charge in [0, 0.05) is 0 Å². The van der Waals surface area contributed by atoms with Crippen LogP contribution in [0.2, 0.25) is 4.82 Å². The number of hydrogen-bond acceptors (Lipinski definition) is 6. The second kappa shape index (κ2) is 13.7. The zero-order valence-electron chi connectivity index (χ0n) is 25.1. The number of methoxy groups -OCH3 is 1. The molecule has 44 heavy (non-hydrogen) atoms. The molecule has 0 aliphatic carbocycles. The van der Waals surface area contributed by atoms with Gasteiger partial charge in [-0.25, -0.2) is 0 Å². The van der Waals surface area contributed by atoms with Crippen molar-refractivity contribution in [2.24, 2.45) is 0 Å². The van der Waals surface area contributed by atoms with Crippen molar-refractivity contribution in [2.75, 3.05) is 20.3 Å². The molecule has 3 heterocycles. The second-order valence-corrected chi connectivity index (χ2v) is 14.6. The summed E-state index contributed by atoms with van der Waals surface area (Å²) in [6.45, 7) is 4.22. The quantitative estimate of drug-likeness (QED) is 0.206. The molecular weight excluding hydrogens is 617 g/mol. The molecule has 0 spiro atoms. The van der Waals surface area contributed by atoms with Crippen LogP contribution in [-0.2, 0) is 30.2 Å². The van der Waals surface area contributed by atoms with Crippen molar-refractivity contribution < 1.29 is 23.7 Å². The summed E-state index contributed by atoms with van der Waals surface area (Å²) in [5.74, 6) is 0. The van der Waals surface area contributed by atoms with E-state index in [1.807, 2.05) is 43.5 Å². The minimum absolute atomic E-state index is 0.0509. The fourth-order valence-electron chi connectivity index (χ4n) is 6.77. The first-order chi connectivity index (χ1) is 21.7. The summed E-state index contributed by atoms with van der Waals surface area (Å²) < 4.78 is 33.7. The van der Waals surface area contributed by atoms with Crippen LogP contribution in [0, 0.1) is 0 Å². The molecule has 4 aromatic rings. The van der Waals surface area contributed by atoms with Crippen molar-refractivity contribution in [3.63, 3.8) is 0 Å². The Morgan fingerprint density at radius 3 is 1.75 bits per heavy atom. The van der Waals surface area contributed by atoms with Crippen LogP contribution in [-0.4, -0.2) is 64.5 Å². The molecule has 0 saturated carbocycles. The van der Waals surface area contributed by atoms with E-state index in [9.17, 15) is 0 Å². The molecule has 7 heteroatoms. The molecule has 8 atom stereocenters. The van der Waals surface area contributed by atoms with Crippen LogP contribution in [0.5, 0.6) is 0 Å². The van der Waals surface area contributed by atoms with Gasteiger partial charge in [0.15, 0.2) is 0 Å². The van der Waals surface area contributed by atoms with Gasteiger partial charge in [-0.1, -0.05) is 0 Å². The van der Waals surface area contributed by atoms with Gasteiger partial charge in [-0.2, -0.15) is 0 Å². The molecule has 3 saturated heterocycles. The molecule has 3 fully saturated rings. The Hall–Kier alpha value is -2.84. The third kappa shape index (κ3) is 6.17. The Kier molecular flexibility index (Phi) is 9.26. The molecule has 0 bridgehead atoms. The predicted molar refractivity (Wildman–Crippen MR) is 171 cm³/mol. The Labute approximate surface area is 266 Å². The summed E-state index contributed by atoms with van der Waals surface area (Å²) in [6, 6.07) is 39.9. The summed E-state index contributed by atoms with van der Waals surface area (Å²) in [4.78, 5) is 2.87. The third-order valence-corrected chi connectivity index (χ3v) is 11.6. The molecule has 228 valence electrons. The molecule has 0 N–H and O–H groups in total. The monoisotopic (exact) mass is 657 g/mol. The van der Waals surface area contributed by atoms with Crippen molar-refractivity contribution in [3.05, 3.63) is 138 Å². The molecule has 6 nitrogen and oxygen atoms in total. The van der Waals surface area contributed by atoms with E-state index in [-0.39, 0.29) is 45.4 Å². The van der Waals surface area contributed by atoms with Crippen LogP contribution in [0.4, 0.5) is 0 Å². The number of likely N-dealkylation sites (tertiary alicyclic amines) is 1. The maximum atomic E-state index is 6.75. The Bertz CT molecular complexity index is 1430. The summed E-state index contributed by atoms with van der Waals surface area (Å²) >= 11 is 0.196. The molecule has 0 aromatic heterocycles. The van der Waals surface area contributed by atoms with Gasteiger partial charge < -0.3 is 0 Å². The van der Waals surface area contributed by atoms with E-state index in [2.05, 4.69) is 90.7 Å². The van der Waals surface area contributed by atoms with Gasteiger partial charge in [-0.05, 0) is 0 Å². The number of fused-ring (bicyclic) bond motifs is 3. The van der Waals surface area contributed by atoms with E-state index < -0.39 is 12.6 Å². The zero-order valence-corrected chi connectivity index (χ0v) is 26.8. The Morgan fingerprint density at radius 1 is 0.705 bits per heavy atom. The first kappa shape index (κ1) is 29.8. The SMILES string of the molecule is CO[C@@H](c1ccccc1)[C@@H](C)[Se]c1ccccc1CN1[C@H]2COC(c3ccccc3)O[C@H]2[C@@H]2OC(c3ccccc3)OC[C@@H]21. The van der Waals surface area contributed by atoms with Crippen molar-refractivity contribution in [3.8, 4) is 0 Å². The molecule has 0 radical (unpaired) electrons. The van der Waals surface area contributed by atoms with Crippen LogP contribution < -0.4 is 4.46 Å². The van der Waals surface area contributed by atoms with Gasteiger partial charge in [0.2, 0.25) is 0 Å². The van der Waals surface area contributed by atoms with E-state index in [4.69, 9.17) is 23.7 Å². The first-order valence-corrected chi connectivity index (χ1v) is 17.3. The zero-order chi connectivity index (χ0) is 29.9. The van der Waals surface area contributed by atoms with E-state index in [0.29, 0.717) is 18.0 Å². The van der Waals surface area contributed by atoms with Crippen molar-refractivity contribution in [1.29, 1.82) is 0 Å². The maximum absolute atomic E-state index is 6.75. The number of benzene rings is 4. The second-order valence-electron chi connectivity index (χ2n) is 11.7. The van der Waals surface area contributed by atoms with E-state index in [0.717, 1.165) is 17.7 Å². The van der Waals surface area contributed by atoms with Crippen molar-refractivity contribution in [2.45, 2.75) is 61.3 Å². The third-order valence-electron chi connectivity index (χ3n) is 8.92. The van der Waals surface area contributed by atoms with E-state index in [1.54, 1.807) is 0 Å². The molecule has 3 aliphatic rings. The van der Waals surface area contributed by atoms with Crippen LogP contribution in [0.3, 0.4) is 0 Å². The molecule has 3 aliphatic heterocycles. The normalized spacial score (nSPS) is 28.1. The van der Waals surface area contributed by atoms with Gasteiger partial charge in [-0.15, -0.1) is 0 Å². The number of hydrogen-bond donors (Lipinski definition) is 0. The molecule has 2 unspecified atom stereocenters. The van der Waals surface area contributed by atoms with Crippen LogP contribution in [0.15, 0.2) is 115 Å². The number of ether oxygens (including phenoxy) is 5. The average molecular weight is 657 g/mol. The van der Waals surface area contributed by atoms with E-state index >= 15 is 0 Å². The number of nitrogens with zero attached hydrogens (tertiary/aromatic N) is 1. The van der Waals surface area contributed by atoms with Gasteiger partial charge in [0.1, 0.15) is 0 Å². The standard InChI is InChI=1S/C37H39NO5Se/c1-25(33(39-2)26-14-6-3-7-15-26)44-32-21-13-12-20-29(32)22-38-30-23-40-36(27-16-8-4-9-17-27)42-34(30)35-31(38)24-41-37(43-35)28-18-10-5-11-19-28/h3-21,25,30-31,33-37H,22-24H2,1-2H3/t25-,30+,31+,33-,34-,35-,36?,37?/m1/s1. The molecule has 0 amide bonds. The fourth-order valence-corrected chi connectivity index (χ4v) is 9.36. The summed E-state index contributed by atoms with van der Waals surface area (Å²) in [5, 5.41) is 0. The topological polar surface area (TPSA) is 49.4 Å². The van der Waals surface area contributed by atoms with Gasteiger partial charge in [-0.3, -0.25) is 0 Å². The summed E-state index contributed by atoms with van der Waals surface area (Å²) in [5.41, 5.74) is 4.61. The summed E-state index contributed by atoms with van der Waals surface area (Å²) in [6.07, 6.45) is -1.06. The van der Waals surface area contributed by atoms with Crippen molar-refractivity contribution >= 4 is 19.4 Å². The Morgan fingerprint density at radius 2 is 1.20 bits per heavy atom. The molecule has 4 aromatic carbocycles. The fraction of sp³-hybridized carbons (Fsp3) is 0.351. The van der Waals surface area contributed by atoms with Gasteiger partial charge in [0.05, 0.1) is 0 Å². The summed E-state index contributed by atoms with van der Waals surface area (Å²) in [7, 11) is 1.82. The average Bonchev–Trinajstić information content (AvgIpc) is 3.39. The first-order valence-electron chi connectivity index (χ1n) is 15.4. The van der Waals surface area contributed by atoms with Crippen LogP contribution in [0.1, 0.15) is 47.9 Å². The van der Waals surface area contributed by atoms with Crippen molar-refractivity contribution in [1.82, 2.24) is 4.90 Å². The van der Waals surface area contributed by atoms with Crippen LogP contribution >= 0.6 is 0 Å². The Balaban J connectivity index is 1.14. The van der Waals surface area contributed by atoms with Gasteiger partial charge in [0.25, 0.3) is 0 Å². The number of rotatable bonds is 9. The van der Waals surface area contributed by atoms with Gasteiger partial charge >= 0.3 is 267 Å².